The molecule has 0 fully saturated rings. The number of hydrogen-bond acceptors (Lipinski definition) is 5. The number of methoxy groups -OCH3 is 1. The average molecular weight is 411 g/mol. The van der Waals surface area contributed by atoms with Gasteiger partial charge < -0.3 is 9.47 Å². The van der Waals surface area contributed by atoms with Crippen LogP contribution >= 0.6 is 0 Å². The van der Waals surface area contributed by atoms with Crippen LogP contribution in [0.4, 0.5) is 23.8 Å². The number of anilines is 1. The van der Waals surface area contributed by atoms with Crippen molar-refractivity contribution in [1.82, 2.24) is 9.97 Å². The maximum absolute atomic E-state index is 13.5. The number of aromatic nitrogens is 2. The van der Waals surface area contributed by atoms with Crippen molar-refractivity contribution in [2.45, 2.75) is 26.7 Å². The standard InChI is InChI=1S/C20H24F3N3O3/c1-12(2)8-13(10-21)11-29-16-5-4-15(25-18(16)19(22)23)14-6-7-24-17(9-14)26-20(27)28-3/h4-7,9,12-13,19H,8,10-11H2,1-3H3,(H,24,26,27). The molecule has 2 rings (SSSR count). The lowest BCUT2D eigenvalue weighted by Gasteiger charge is -2.18. The van der Waals surface area contributed by atoms with Gasteiger partial charge in [-0.1, -0.05) is 13.8 Å². The highest BCUT2D eigenvalue weighted by Gasteiger charge is 2.20. The summed E-state index contributed by atoms with van der Waals surface area (Å²) in [6.07, 6.45) is -1.57. The van der Waals surface area contributed by atoms with Crippen LogP contribution in [0.15, 0.2) is 30.5 Å². The molecule has 0 spiro atoms. The summed E-state index contributed by atoms with van der Waals surface area (Å²) in [5.41, 5.74) is 0.206. The Morgan fingerprint density at radius 1 is 1.24 bits per heavy atom. The molecule has 1 unspecified atom stereocenters. The fourth-order valence-electron chi connectivity index (χ4n) is 2.76. The van der Waals surface area contributed by atoms with E-state index in [4.69, 9.17) is 4.74 Å². The lowest BCUT2D eigenvalue weighted by atomic mass is 9.99. The maximum Gasteiger partial charge on any atom is 0.412 e. The number of pyridine rings is 2. The molecule has 1 N–H and O–H groups in total. The zero-order valence-electron chi connectivity index (χ0n) is 16.5. The van der Waals surface area contributed by atoms with Gasteiger partial charge in [0.25, 0.3) is 6.43 Å². The number of nitrogens with zero attached hydrogens (tertiary/aromatic N) is 2. The fourth-order valence-corrected chi connectivity index (χ4v) is 2.76. The van der Waals surface area contributed by atoms with Gasteiger partial charge >= 0.3 is 6.09 Å². The molecule has 2 aromatic rings. The summed E-state index contributed by atoms with van der Waals surface area (Å²) in [5.74, 6) is 0.0173. The molecule has 0 saturated heterocycles. The zero-order valence-corrected chi connectivity index (χ0v) is 16.5. The summed E-state index contributed by atoms with van der Waals surface area (Å²) in [6.45, 7) is 3.34. The number of nitrogens with one attached hydrogen (secondary N) is 1. The van der Waals surface area contributed by atoms with Crippen LogP contribution in [0.1, 0.15) is 32.4 Å². The molecule has 9 heteroatoms. The number of rotatable bonds is 9. The predicted octanol–water partition coefficient (Wildman–Crippen LogP) is 5.27. The molecule has 29 heavy (non-hydrogen) atoms. The first-order chi connectivity index (χ1) is 13.8. The quantitative estimate of drug-likeness (QED) is 0.609. The SMILES string of the molecule is COC(=O)Nc1cc(-c2ccc(OCC(CF)CC(C)C)c(C(F)F)n2)ccn1. The molecule has 2 heterocycles. The summed E-state index contributed by atoms with van der Waals surface area (Å²) < 4.78 is 50.2. The normalized spacial score (nSPS) is 12.1. The average Bonchev–Trinajstić information content (AvgIpc) is 2.70. The molecular weight excluding hydrogens is 387 g/mol. The van der Waals surface area contributed by atoms with Gasteiger partial charge in [0.2, 0.25) is 0 Å². The van der Waals surface area contributed by atoms with Gasteiger partial charge in [-0.05, 0) is 36.6 Å². The number of alkyl halides is 3. The van der Waals surface area contributed by atoms with Crippen molar-refractivity contribution in [3.05, 3.63) is 36.2 Å². The van der Waals surface area contributed by atoms with Crippen LogP contribution in [0.25, 0.3) is 11.3 Å². The van der Waals surface area contributed by atoms with Gasteiger partial charge in [0, 0.05) is 17.7 Å². The monoisotopic (exact) mass is 411 g/mol. The first-order valence-electron chi connectivity index (χ1n) is 9.13. The Labute approximate surface area is 167 Å². The third-order valence-electron chi connectivity index (χ3n) is 4.06. The van der Waals surface area contributed by atoms with E-state index in [1.165, 1.54) is 31.5 Å². The van der Waals surface area contributed by atoms with Crippen molar-refractivity contribution < 1.29 is 27.4 Å². The van der Waals surface area contributed by atoms with Crippen LogP contribution < -0.4 is 10.1 Å². The Morgan fingerprint density at radius 2 is 2.00 bits per heavy atom. The molecule has 0 aliphatic carbocycles. The van der Waals surface area contributed by atoms with E-state index in [1.807, 2.05) is 13.8 Å². The van der Waals surface area contributed by atoms with E-state index < -0.39 is 24.9 Å². The third kappa shape index (κ3) is 6.62. The fraction of sp³-hybridized carbons (Fsp3) is 0.450. The molecule has 6 nitrogen and oxygen atoms in total. The van der Waals surface area contributed by atoms with Gasteiger partial charge in [-0.2, -0.15) is 0 Å². The predicted molar refractivity (Wildman–Crippen MR) is 103 cm³/mol. The minimum atomic E-state index is -2.87. The van der Waals surface area contributed by atoms with Crippen molar-refractivity contribution in [2.75, 3.05) is 25.7 Å². The first-order valence-corrected chi connectivity index (χ1v) is 9.13. The van der Waals surface area contributed by atoms with Gasteiger partial charge in [-0.3, -0.25) is 9.71 Å². The van der Waals surface area contributed by atoms with Gasteiger partial charge in [0.05, 0.1) is 26.1 Å². The molecule has 0 aliphatic rings. The minimum Gasteiger partial charge on any atom is -0.491 e. The second kappa shape index (κ2) is 10.6. The number of carbonyl (C=O) groups is 1. The van der Waals surface area contributed by atoms with Crippen LogP contribution in [0.3, 0.4) is 0 Å². The summed E-state index contributed by atoms with van der Waals surface area (Å²) in [5, 5.41) is 2.40. The van der Waals surface area contributed by atoms with Crippen molar-refractivity contribution in [2.24, 2.45) is 11.8 Å². The smallest absolute Gasteiger partial charge is 0.412 e. The molecular formula is C20H24F3N3O3. The largest absolute Gasteiger partial charge is 0.491 e. The van der Waals surface area contributed by atoms with Crippen molar-refractivity contribution in [3.63, 3.8) is 0 Å². The number of hydrogen-bond donors (Lipinski definition) is 1. The molecule has 158 valence electrons. The molecule has 0 aromatic carbocycles. The maximum atomic E-state index is 13.5. The lowest BCUT2D eigenvalue weighted by molar-refractivity contribution is 0.134. The number of amides is 1. The van der Waals surface area contributed by atoms with E-state index >= 15 is 0 Å². The Balaban J connectivity index is 2.23. The number of carbonyl (C=O) groups excluding carboxylic acids is 1. The Bertz CT molecular complexity index is 819. The summed E-state index contributed by atoms with van der Waals surface area (Å²) >= 11 is 0. The van der Waals surface area contributed by atoms with Crippen molar-refractivity contribution in [1.29, 1.82) is 0 Å². The van der Waals surface area contributed by atoms with E-state index in [2.05, 4.69) is 20.0 Å². The number of halogens is 3. The van der Waals surface area contributed by atoms with Gasteiger partial charge in [-0.15, -0.1) is 0 Å². The van der Waals surface area contributed by atoms with E-state index in [-0.39, 0.29) is 35.7 Å². The topological polar surface area (TPSA) is 73.3 Å². The highest BCUT2D eigenvalue weighted by atomic mass is 19.3. The van der Waals surface area contributed by atoms with Gasteiger partial charge in [0.15, 0.2) is 0 Å². The van der Waals surface area contributed by atoms with E-state index in [9.17, 15) is 18.0 Å². The summed E-state index contributed by atoms with van der Waals surface area (Å²) in [7, 11) is 1.21. The molecule has 1 amide bonds. The zero-order chi connectivity index (χ0) is 21.4. The summed E-state index contributed by atoms with van der Waals surface area (Å²) in [4.78, 5) is 19.3. The minimum absolute atomic E-state index is 0.00210. The molecule has 0 bridgehead atoms. The molecule has 1 atom stereocenters. The van der Waals surface area contributed by atoms with Crippen LogP contribution in [-0.2, 0) is 4.74 Å². The third-order valence-corrected chi connectivity index (χ3v) is 4.06. The van der Waals surface area contributed by atoms with Crippen molar-refractivity contribution in [3.8, 4) is 17.0 Å². The molecule has 2 aromatic heterocycles. The first kappa shape index (κ1) is 22.4. The van der Waals surface area contributed by atoms with Crippen molar-refractivity contribution >= 4 is 11.9 Å². The Hall–Kier alpha value is -2.84. The van der Waals surface area contributed by atoms with Gasteiger partial charge in [-0.25, -0.2) is 23.5 Å². The molecule has 0 aliphatic heterocycles. The summed E-state index contributed by atoms with van der Waals surface area (Å²) in [6, 6.07) is 5.97. The number of ether oxygens (including phenoxy) is 2. The highest BCUT2D eigenvalue weighted by molar-refractivity contribution is 5.84. The second-order valence-electron chi connectivity index (χ2n) is 6.89. The van der Waals surface area contributed by atoms with Crippen LogP contribution in [0.2, 0.25) is 0 Å². The lowest BCUT2D eigenvalue weighted by Crippen LogP contribution is -2.17. The molecule has 0 saturated carbocycles. The van der Waals surface area contributed by atoms with Crippen LogP contribution in [-0.4, -0.2) is 36.5 Å². The van der Waals surface area contributed by atoms with Crippen LogP contribution in [0, 0.1) is 11.8 Å². The van der Waals surface area contributed by atoms with Gasteiger partial charge in [0.1, 0.15) is 17.3 Å². The Kier molecular flexibility index (Phi) is 8.23. The molecule has 0 radical (unpaired) electrons. The van der Waals surface area contributed by atoms with E-state index in [0.717, 1.165) is 0 Å². The van der Waals surface area contributed by atoms with Crippen LogP contribution in [0.5, 0.6) is 5.75 Å². The highest BCUT2D eigenvalue weighted by Crippen LogP contribution is 2.31. The Morgan fingerprint density at radius 3 is 2.62 bits per heavy atom. The van der Waals surface area contributed by atoms with E-state index in [1.54, 1.807) is 6.07 Å². The van der Waals surface area contributed by atoms with E-state index in [0.29, 0.717) is 12.0 Å². The second-order valence-corrected chi connectivity index (χ2v) is 6.89.